The summed E-state index contributed by atoms with van der Waals surface area (Å²) in [4.78, 5) is 15.4. The number of nitrogens with one attached hydrogen (secondary N) is 1. The summed E-state index contributed by atoms with van der Waals surface area (Å²) in [6.45, 7) is 0. The number of hydrogen-bond donors (Lipinski definition) is 3. The lowest BCUT2D eigenvalue weighted by Gasteiger charge is -2.33. The summed E-state index contributed by atoms with van der Waals surface area (Å²) in [5, 5.41) is 11.6. The van der Waals surface area contributed by atoms with E-state index in [1.165, 1.54) is 12.1 Å². The Morgan fingerprint density at radius 3 is 2.79 bits per heavy atom. The van der Waals surface area contributed by atoms with E-state index in [0.717, 1.165) is 42.5 Å². The largest absolute Gasteiger partial charge is 0.465 e. The zero-order valence-electron chi connectivity index (χ0n) is 16.2. The van der Waals surface area contributed by atoms with Gasteiger partial charge in [0.15, 0.2) is 0 Å². The summed E-state index contributed by atoms with van der Waals surface area (Å²) in [6, 6.07) is 10.5. The van der Waals surface area contributed by atoms with Gasteiger partial charge in [0.2, 0.25) is 0 Å². The van der Waals surface area contributed by atoms with Crippen LogP contribution < -0.4 is 11.1 Å². The number of hydrogen-bond acceptors (Lipinski definition) is 3. The summed E-state index contributed by atoms with van der Waals surface area (Å²) in [6.07, 6.45) is 8.66. The molecule has 2 aromatic rings. The molecule has 5 atom stereocenters. The van der Waals surface area contributed by atoms with Gasteiger partial charge in [-0.05, 0) is 73.3 Å². The van der Waals surface area contributed by atoms with E-state index in [0.29, 0.717) is 11.8 Å². The standard InChI is InChI=1S/C23H26FN3O2/c24-17-3-1-2-14(10-17)15-4-5-18(26-13-15)6-9-21-20-8-7-19(27-23(28)29)11-16(20)12-22(21)25/h1-6,9-10,13,16,19-22,27H,7-8,11-12,25H2,(H,28,29)/b9-6+/t16-,19?,20+,21-,22+/m0/s1. The van der Waals surface area contributed by atoms with Gasteiger partial charge in [-0.1, -0.05) is 24.3 Å². The van der Waals surface area contributed by atoms with Crippen LogP contribution in [0.3, 0.4) is 0 Å². The first-order valence-electron chi connectivity index (χ1n) is 10.1. The molecule has 5 nitrogen and oxygen atoms in total. The highest BCUT2D eigenvalue weighted by molar-refractivity contribution is 5.65. The average molecular weight is 395 g/mol. The van der Waals surface area contributed by atoms with Gasteiger partial charge in [0.1, 0.15) is 5.82 Å². The molecule has 1 aromatic carbocycles. The molecule has 0 spiro atoms. The number of pyridine rings is 1. The number of amides is 1. The fraction of sp³-hybridized carbons (Fsp3) is 0.391. The number of halogens is 1. The maximum Gasteiger partial charge on any atom is 0.404 e. The third-order valence-corrected chi connectivity index (χ3v) is 6.37. The SMILES string of the molecule is N[C@@H]1C[C@@H]2CC(NC(=O)O)CC[C@H]2[C@@H]1/C=C/c1ccc(-c2cccc(F)c2)cn1. The predicted molar refractivity (Wildman–Crippen MR) is 111 cm³/mol. The third kappa shape index (κ3) is 4.48. The monoisotopic (exact) mass is 395 g/mol. The Morgan fingerprint density at radius 2 is 2.07 bits per heavy atom. The Morgan fingerprint density at radius 1 is 1.21 bits per heavy atom. The Bertz CT molecular complexity index is 899. The number of carboxylic acid groups (broad SMARTS) is 1. The number of nitrogens with zero attached hydrogens (tertiary/aromatic N) is 1. The quantitative estimate of drug-likeness (QED) is 0.720. The van der Waals surface area contributed by atoms with Crippen molar-refractivity contribution in [2.24, 2.45) is 23.5 Å². The fourth-order valence-corrected chi connectivity index (χ4v) is 5.03. The number of nitrogens with two attached hydrogens (primary N) is 1. The Hall–Kier alpha value is -2.73. The van der Waals surface area contributed by atoms with E-state index in [1.807, 2.05) is 24.3 Å². The highest BCUT2D eigenvalue weighted by Gasteiger charge is 2.43. The molecular formula is C23H26FN3O2. The highest BCUT2D eigenvalue weighted by Crippen LogP contribution is 2.46. The zero-order valence-corrected chi connectivity index (χ0v) is 16.2. The lowest BCUT2D eigenvalue weighted by atomic mass is 9.75. The number of aromatic nitrogens is 1. The van der Waals surface area contributed by atoms with Crippen molar-refractivity contribution in [2.75, 3.05) is 0 Å². The van der Waals surface area contributed by atoms with Gasteiger partial charge in [-0.2, -0.15) is 0 Å². The molecule has 0 aliphatic heterocycles. The second-order valence-corrected chi connectivity index (χ2v) is 8.20. The molecular weight excluding hydrogens is 369 g/mol. The zero-order chi connectivity index (χ0) is 20.4. The lowest BCUT2D eigenvalue weighted by Crippen LogP contribution is -2.39. The van der Waals surface area contributed by atoms with Crippen LogP contribution in [0.25, 0.3) is 17.2 Å². The summed E-state index contributed by atoms with van der Waals surface area (Å²) >= 11 is 0. The van der Waals surface area contributed by atoms with Crippen LogP contribution in [0.1, 0.15) is 31.4 Å². The van der Waals surface area contributed by atoms with Crippen LogP contribution in [0.2, 0.25) is 0 Å². The minimum Gasteiger partial charge on any atom is -0.465 e. The van der Waals surface area contributed by atoms with Gasteiger partial charge < -0.3 is 16.2 Å². The van der Waals surface area contributed by atoms with Crippen molar-refractivity contribution < 1.29 is 14.3 Å². The van der Waals surface area contributed by atoms with Gasteiger partial charge in [0, 0.05) is 23.8 Å². The number of benzene rings is 1. The van der Waals surface area contributed by atoms with E-state index in [2.05, 4.69) is 16.4 Å². The van der Waals surface area contributed by atoms with Crippen LogP contribution in [-0.4, -0.2) is 28.3 Å². The summed E-state index contributed by atoms with van der Waals surface area (Å²) in [5.41, 5.74) is 8.95. The van der Waals surface area contributed by atoms with Gasteiger partial charge >= 0.3 is 6.09 Å². The smallest absolute Gasteiger partial charge is 0.404 e. The van der Waals surface area contributed by atoms with Crippen molar-refractivity contribution in [3.8, 4) is 11.1 Å². The Kier molecular flexibility index (Phi) is 5.62. The number of carbonyl (C=O) groups is 1. The van der Waals surface area contributed by atoms with Crippen molar-refractivity contribution >= 4 is 12.2 Å². The molecule has 1 aromatic heterocycles. The number of fused-ring (bicyclic) bond motifs is 1. The molecule has 1 heterocycles. The van der Waals surface area contributed by atoms with Crippen molar-refractivity contribution in [1.82, 2.24) is 10.3 Å². The molecule has 4 N–H and O–H groups in total. The van der Waals surface area contributed by atoms with Gasteiger partial charge in [0.25, 0.3) is 0 Å². The molecule has 4 rings (SSSR count). The Labute approximate surface area is 169 Å². The molecule has 0 radical (unpaired) electrons. The minimum atomic E-state index is -0.944. The maximum absolute atomic E-state index is 13.4. The molecule has 2 saturated carbocycles. The van der Waals surface area contributed by atoms with Crippen LogP contribution >= 0.6 is 0 Å². The first-order chi connectivity index (χ1) is 14.0. The molecule has 1 unspecified atom stereocenters. The van der Waals surface area contributed by atoms with E-state index < -0.39 is 6.09 Å². The van der Waals surface area contributed by atoms with Crippen LogP contribution in [0.4, 0.5) is 9.18 Å². The van der Waals surface area contributed by atoms with Crippen molar-refractivity contribution in [2.45, 2.75) is 37.8 Å². The molecule has 152 valence electrons. The molecule has 0 saturated heterocycles. The second-order valence-electron chi connectivity index (χ2n) is 8.20. The van der Waals surface area contributed by atoms with Crippen LogP contribution in [0, 0.1) is 23.6 Å². The predicted octanol–water partition coefficient (Wildman–Crippen LogP) is 4.30. The second kappa shape index (κ2) is 8.33. The van der Waals surface area contributed by atoms with E-state index in [1.54, 1.807) is 12.3 Å². The molecule has 2 aliphatic carbocycles. The molecule has 2 fully saturated rings. The van der Waals surface area contributed by atoms with E-state index >= 15 is 0 Å². The highest BCUT2D eigenvalue weighted by atomic mass is 19.1. The van der Waals surface area contributed by atoms with Gasteiger partial charge in [-0.15, -0.1) is 0 Å². The maximum atomic E-state index is 13.4. The average Bonchev–Trinajstić information content (AvgIpc) is 3.00. The van der Waals surface area contributed by atoms with Gasteiger partial charge in [-0.3, -0.25) is 4.98 Å². The molecule has 6 heteroatoms. The molecule has 1 amide bonds. The first-order valence-corrected chi connectivity index (χ1v) is 10.1. The fourth-order valence-electron chi connectivity index (χ4n) is 5.03. The topological polar surface area (TPSA) is 88.2 Å². The van der Waals surface area contributed by atoms with Gasteiger partial charge in [0.05, 0.1) is 5.69 Å². The van der Waals surface area contributed by atoms with Crippen molar-refractivity contribution in [3.63, 3.8) is 0 Å². The van der Waals surface area contributed by atoms with Crippen molar-refractivity contribution in [1.29, 1.82) is 0 Å². The summed E-state index contributed by atoms with van der Waals surface area (Å²) in [5.74, 6) is 0.994. The van der Waals surface area contributed by atoms with E-state index in [-0.39, 0.29) is 23.8 Å². The molecule has 2 aliphatic rings. The first kappa shape index (κ1) is 19.6. The Balaban J connectivity index is 1.42. The molecule has 0 bridgehead atoms. The van der Waals surface area contributed by atoms with Gasteiger partial charge in [-0.25, -0.2) is 9.18 Å². The van der Waals surface area contributed by atoms with E-state index in [9.17, 15) is 9.18 Å². The summed E-state index contributed by atoms with van der Waals surface area (Å²) in [7, 11) is 0. The number of rotatable bonds is 4. The third-order valence-electron chi connectivity index (χ3n) is 6.37. The molecule has 29 heavy (non-hydrogen) atoms. The van der Waals surface area contributed by atoms with Crippen LogP contribution in [0.15, 0.2) is 48.7 Å². The van der Waals surface area contributed by atoms with E-state index in [4.69, 9.17) is 10.8 Å². The van der Waals surface area contributed by atoms with Crippen LogP contribution in [0.5, 0.6) is 0 Å². The normalized spacial score (nSPS) is 29.0. The minimum absolute atomic E-state index is 0.0423. The van der Waals surface area contributed by atoms with Crippen molar-refractivity contribution in [3.05, 3.63) is 60.2 Å². The summed E-state index contributed by atoms with van der Waals surface area (Å²) < 4.78 is 13.4. The van der Waals surface area contributed by atoms with Crippen LogP contribution in [-0.2, 0) is 0 Å². The lowest BCUT2D eigenvalue weighted by molar-refractivity contribution is 0.169.